The number of benzene rings is 1. The molecule has 0 bridgehead atoms. The van der Waals surface area contributed by atoms with Crippen LogP contribution >= 0.6 is 0 Å². The van der Waals surface area contributed by atoms with Crippen LogP contribution in [0.2, 0.25) is 0 Å². The molecular formula is C28H31FN4O4. The predicted molar refractivity (Wildman–Crippen MR) is 134 cm³/mol. The zero-order chi connectivity index (χ0) is 25.9. The summed E-state index contributed by atoms with van der Waals surface area (Å²) in [5.41, 5.74) is 2.78. The molecule has 37 heavy (non-hydrogen) atoms. The lowest BCUT2D eigenvalue weighted by molar-refractivity contribution is -0.138. The van der Waals surface area contributed by atoms with E-state index in [4.69, 9.17) is 9.84 Å². The van der Waals surface area contributed by atoms with Crippen LogP contribution in [0.15, 0.2) is 30.3 Å². The monoisotopic (exact) mass is 506 g/mol. The topological polar surface area (TPSA) is 97.0 Å². The first-order valence-electron chi connectivity index (χ1n) is 13.1. The van der Waals surface area contributed by atoms with E-state index in [1.54, 1.807) is 22.7 Å². The van der Waals surface area contributed by atoms with Gasteiger partial charge in [0.1, 0.15) is 11.5 Å². The van der Waals surface area contributed by atoms with Crippen LogP contribution in [0, 0.1) is 11.7 Å². The van der Waals surface area contributed by atoms with Crippen LogP contribution in [0.25, 0.3) is 16.9 Å². The molecule has 1 aromatic carbocycles. The molecule has 2 aliphatic heterocycles. The average Bonchev–Trinajstić information content (AvgIpc) is 3.60. The first kappa shape index (κ1) is 24.0. The van der Waals surface area contributed by atoms with E-state index in [1.165, 1.54) is 6.07 Å². The summed E-state index contributed by atoms with van der Waals surface area (Å²) in [6.45, 7) is 5.88. The van der Waals surface area contributed by atoms with Crippen molar-refractivity contribution in [3.05, 3.63) is 53.1 Å². The molecule has 6 rings (SSSR count). The standard InChI is InChI=1S/C28H31FN4O4/c1-16-6-4-3-5-9-32(16)26(34)23-12-24(28(2)14-37-15-28)33-25(30-23)13-22(31-33)18-8-7-17(10-21(18)29)19-11-20(19)27(35)36/h7-8,10,12-13,16,19-20H,3-6,9,11,14-15H2,1-2H3,(H,35,36)/t16?,19-,20?/m0/s1. The molecule has 2 unspecified atom stereocenters. The molecule has 1 N–H and O–H groups in total. The first-order valence-corrected chi connectivity index (χ1v) is 13.1. The summed E-state index contributed by atoms with van der Waals surface area (Å²) >= 11 is 0. The Labute approximate surface area is 214 Å². The average molecular weight is 507 g/mol. The summed E-state index contributed by atoms with van der Waals surface area (Å²) in [6.07, 6.45) is 4.73. The number of hydrogen-bond donors (Lipinski definition) is 1. The minimum atomic E-state index is -0.846. The number of nitrogens with zero attached hydrogens (tertiary/aromatic N) is 4. The molecule has 0 radical (unpaired) electrons. The van der Waals surface area contributed by atoms with Crippen LogP contribution < -0.4 is 0 Å². The molecule has 3 aliphatic rings. The Morgan fingerprint density at radius 3 is 2.65 bits per heavy atom. The minimum absolute atomic E-state index is 0.0855. The van der Waals surface area contributed by atoms with Gasteiger partial charge in [0.15, 0.2) is 5.65 Å². The fourth-order valence-electron chi connectivity index (χ4n) is 5.73. The number of carboxylic acids is 1. The van der Waals surface area contributed by atoms with Crippen LogP contribution in [-0.2, 0) is 14.9 Å². The van der Waals surface area contributed by atoms with Crippen molar-refractivity contribution < 1.29 is 23.8 Å². The van der Waals surface area contributed by atoms with E-state index >= 15 is 4.39 Å². The highest BCUT2D eigenvalue weighted by atomic mass is 19.1. The van der Waals surface area contributed by atoms with E-state index in [0.717, 1.165) is 31.4 Å². The van der Waals surface area contributed by atoms with E-state index < -0.39 is 17.7 Å². The number of ether oxygens (including phenoxy) is 1. The van der Waals surface area contributed by atoms with Crippen molar-refractivity contribution in [1.82, 2.24) is 19.5 Å². The number of fused-ring (bicyclic) bond motifs is 1. The third-order valence-corrected chi connectivity index (χ3v) is 8.22. The number of halogens is 1. The number of aromatic nitrogens is 3. The summed E-state index contributed by atoms with van der Waals surface area (Å²) in [5.74, 6) is -1.98. The largest absolute Gasteiger partial charge is 0.481 e. The zero-order valence-corrected chi connectivity index (χ0v) is 21.1. The number of hydrogen-bond acceptors (Lipinski definition) is 5. The van der Waals surface area contributed by atoms with E-state index in [1.807, 2.05) is 11.0 Å². The van der Waals surface area contributed by atoms with Gasteiger partial charge in [-0.3, -0.25) is 9.59 Å². The Hall–Kier alpha value is -3.33. The van der Waals surface area contributed by atoms with Gasteiger partial charge in [-0.05, 0) is 62.8 Å². The number of rotatable bonds is 5. The molecule has 194 valence electrons. The molecule has 1 amide bonds. The summed E-state index contributed by atoms with van der Waals surface area (Å²) < 4.78 is 22.4. The van der Waals surface area contributed by atoms with Crippen LogP contribution in [-0.4, -0.2) is 62.3 Å². The number of carbonyl (C=O) groups is 2. The molecule has 2 aromatic heterocycles. The Kier molecular flexibility index (Phi) is 5.78. The second-order valence-electron chi connectivity index (χ2n) is 11.1. The SMILES string of the molecule is CC1CCCCCN1C(=O)c1cc(C2(C)COC2)n2nc(-c3ccc([C@@H]4CC4C(=O)O)cc3F)cc2n1. The Morgan fingerprint density at radius 2 is 1.97 bits per heavy atom. The summed E-state index contributed by atoms with van der Waals surface area (Å²) in [6, 6.07) is 8.54. The minimum Gasteiger partial charge on any atom is -0.481 e. The van der Waals surface area contributed by atoms with E-state index in [2.05, 4.69) is 18.8 Å². The molecule has 0 spiro atoms. The van der Waals surface area contributed by atoms with Crippen molar-refractivity contribution in [2.45, 2.75) is 63.3 Å². The lowest BCUT2D eigenvalue weighted by Crippen LogP contribution is -2.46. The molecule has 9 heteroatoms. The lowest BCUT2D eigenvalue weighted by atomic mass is 9.84. The number of aliphatic carboxylic acids is 1. The lowest BCUT2D eigenvalue weighted by Gasteiger charge is -2.38. The summed E-state index contributed by atoms with van der Waals surface area (Å²) in [7, 11) is 0. The van der Waals surface area contributed by atoms with E-state index in [0.29, 0.717) is 54.3 Å². The van der Waals surface area contributed by atoms with Crippen LogP contribution in [0.1, 0.15) is 73.6 Å². The van der Waals surface area contributed by atoms with Crippen LogP contribution in [0.4, 0.5) is 4.39 Å². The molecule has 3 fully saturated rings. The molecule has 1 saturated carbocycles. The Bertz CT molecular complexity index is 1400. The van der Waals surface area contributed by atoms with Gasteiger partial charge in [0.25, 0.3) is 5.91 Å². The van der Waals surface area contributed by atoms with Gasteiger partial charge in [-0.25, -0.2) is 13.9 Å². The van der Waals surface area contributed by atoms with Crippen LogP contribution in [0.3, 0.4) is 0 Å². The molecule has 4 heterocycles. The van der Waals surface area contributed by atoms with Gasteiger partial charge in [0, 0.05) is 24.2 Å². The second kappa shape index (κ2) is 8.90. The molecule has 8 nitrogen and oxygen atoms in total. The Morgan fingerprint density at radius 1 is 1.16 bits per heavy atom. The van der Waals surface area contributed by atoms with Crippen molar-refractivity contribution in [2.24, 2.45) is 5.92 Å². The fourth-order valence-corrected chi connectivity index (χ4v) is 5.73. The maximum Gasteiger partial charge on any atom is 0.307 e. The van der Waals surface area contributed by atoms with Crippen molar-refractivity contribution in [3.63, 3.8) is 0 Å². The highest BCUT2D eigenvalue weighted by Gasteiger charge is 2.44. The van der Waals surface area contributed by atoms with E-state index in [-0.39, 0.29) is 23.3 Å². The molecule has 1 aliphatic carbocycles. The van der Waals surface area contributed by atoms with Gasteiger partial charge in [-0.15, -0.1) is 0 Å². The normalized spacial score (nSPS) is 24.9. The predicted octanol–water partition coefficient (Wildman–Crippen LogP) is 4.42. The quantitative estimate of drug-likeness (QED) is 0.550. The first-order chi connectivity index (χ1) is 17.7. The van der Waals surface area contributed by atoms with Crippen molar-refractivity contribution >= 4 is 17.5 Å². The van der Waals surface area contributed by atoms with Gasteiger partial charge in [-0.2, -0.15) is 5.10 Å². The third kappa shape index (κ3) is 4.19. The fraction of sp³-hybridized carbons (Fsp3) is 0.500. The van der Waals surface area contributed by atoms with Crippen molar-refractivity contribution in [3.8, 4) is 11.3 Å². The number of carbonyl (C=O) groups excluding carboxylic acids is 1. The third-order valence-electron chi connectivity index (χ3n) is 8.22. The summed E-state index contributed by atoms with van der Waals surface area (Å²) in [4.78, 5) is 31.4. The molecule has 3 aromatic rings. The Balaban J connectivity index is 1.39. The second-order valence-corrected chi connectivity index (χ2v) is 11.1. The van der Waals surface area contributed by atoms with Crippen LogP contribution in [0.5, 0.6) is 0 Å². The van der Waals surface area contributed by atoms with Gasteiger partial charge in [0.05, 0.1) is 35.9 Å². The highest BCUT2D eigenvalue weighted by molar-refractivity contribution is 5.93. The van der Waals surface area contributed by atoms with E-state index in [9.17, 15) is 14.7 Å². The molecular weight excluding hydrogens is 475 g/mol. The van der Waals surface area contributed by atoms with Crippen molar-refractivity contribution in [2.75, 3.05) is 19.8 Å². The number of carboxylic acid groups (broad SMARTS) is 1. The van der Waals surface area contributed by atoms with Gasteiger partial charge in [-0.1, -0.05) is 18.9 Å². The number of likely N-dealkylation sites (tertiary alicyclic amines) is 1. The van der Waals surface area contributed by atoms with Gasteiger partial charge >= 0.3 is 5.97 Å². The van der Waals surface area contributed by atoms with Gasteiger partial charge in [0.2, 0.25) is 0 Å². The maximum atomic E-state index is 15.2. The highest BCUT2D eigenvalue weighted by Crippen LogP contribution is 2.48. The zero-order valence-electron chi connectivity index (χ0n) is 21.1. The summed E-state index contributed by atoms with van der Waals surface area (Å²) in [5, 5.41) is 13.9. The molecule has 3 atom stereocenters. The van der Waals surface area contributed by atoms with Gasteiger partial charge < -0.3 is 14.7 Å². The molecule has 2 saturated heterocycles. The van der Waals surface area contributed by atoms with Crippen molar-refractivity contribution in [1.29, 1.82) is 0 Å². The maximum absolute atomic E-state index is 15.2. The number of amides is 1. The smallest absolute Gasteiger partial charge is 0.307 e.